The number of hydrogen-bond acceptors (Lipinski definition) is 4. The minimum atomic E-state index is 0.489. The average Bonchev–Trinajstić information content (AvgIpc) is 2.93. The fraction of sp³-hybridized carbons (Fsp3) is 0.0714. The molecule has 0 spiro atoms. The van der Waals surface area contributed by atoms with E-state index >= 15 is 0 Å². The summed E-state index contributed by atoms with van der Waals surface area (Å²) in [7, 11) is 0. The van der Waals surface area contributed by atoms with E-state index in [-0.39, 0.29) is 0 Å². The second kappa shape index (κ2) is 5.83. The van der Waals surface area contributed by atoms with E-state index in [1.165, 1.54) is 0 Å². The number of benzene rings is 2. The number of nitrogens with zero attached hydrogens (tertiary/aromatic N) is 4. The van der Waals surface area contributed by atoms with E-state index in [1.807, 2.05) is 30.3 Å². The van der Waals surface area contributed by atoms with E-state index in [0.29, 0.717) is 23.1 Å². The van der Waals surface area contributed by atoms with Gasteiger partial charge in [-0.2, -0.15) is 0 Å². The lowest BCUT2D eigenvalue weighted by molar-refractivity contribution is 0.652. The Morgan fingerprint density at radius 1 is 1.19 bits per heavy atom. The van der Waals surface area contributed by atoms with Crippen LogP contribution in [0.3, 0.4) is 0 Å². The lowest BCUT2D eigenvalue weighted by Crippen LogP contribution is -2.05. The quantitative estimate of drug-likeness (QED) is 0.723. The first-order valence-corrected chi connectivity index (χ1v) is 7.37. The molecular weight excluding hydrogens is 354 g/mol. The van der Waals surface area contributed by atoms with Crippen molar-refractivity contribution in [1.82, 2.24) is 20.2 Å². The molecule has 0 aliphatic heterocycles. The van der Waals surface area contributed by atoms with E-state index in [4.69, 9.17) is 17.3 Å². The summed E-state index contributed by atoms with van der Waals surface area (Å²) < 4.78 is 2.74. The van der Waals surface area contributed by atoms with Gasteiger partial charge in [0.2, 0.25) is 0 Å². The maximum Gasteiger partial charge on any atom is 0.182 e. The van der Waals surface area contributed by atoms with Crippen LogP contribution in [0.5, 0.6) is 0 Å². The summed E-state index contributed by atoms with van der Waals surface area (Å²) in [5.41, 5.74) is 8.18. The highest BCUT2D eigenvalue weighted by atomic mass is 79.9. The monoisotopic (exact) mass is 363 g/mol. The topological polar surface area (TPSA) is 69.6 Å². The Kier molecular flexibility index (Phi) is 3.90. The predicted molar refractivity (Wildman–Crippen MR) is 85.9 cm³/mol. The first-order valence-electron chi connectivity index (χ1n) is 6.20. The Balaban J connectivity index is 1.97. The van der Waals surface area contributed by atoms with Crippen molar-refractivity contribution in [3.05, 3.63) is 57.5 Å². The number of tetrazole rings is 1. The zero-order chi connectivity index (χ0) is 14.8. The number of anilines is 1. The molecule has 7 heteroatoms. The molecule has 0 saturated heterocycles. The third-order valence-electron chi connectivity index (χ3n) is 3.07. The molecule has 0 atom stereocenters. The van der Waals surface area contributed by atoms with Gasteiger partial charge in [0, 0.05) is 10.0 Å². The lowest BCUT2D eigenvalue weighted by Gasteiger charge is -2.07. The van der Waals surface area contributed by atoms with Gasteiger partial charge in [-0.15, -0.1) is 5.10 Å². The molecule has 0 unspecified atom stereocenters. The molecule has 106 valence electrons. The number of halogens is 2. The third-order valence-corrected chi connectivity index (χ3v) is 4.17. The second-order valence-electron chi connectivity index (χ2n) is 4.49. The van der Waals surface area contributed by atoms with Crippen molar-refractivity contribution in [2.75, 3.05) is 5.73 Å². The van der Waals surface area contributed by atoms with Crippen LogP contribution in [0.25, 0.3) is 11.4 Å². The molecule has 0 amide bonds. The molecule has 0 aliphatic carbocycles. The molecule has 5 nitrogen and oxygen atoms in total. The van der Waals surface area contributed by atoms with Gasteiger partial charge >= 0.3 is 0 Å². The Morgan fingerprint density at radius 2 is 2.00 bits per heavy atom. The van der Waals surface area contributed by atoms with Crippen LogP contribution in [0.1, 0.15) is 5.56 Å². The smallest absolute Gasteiger partial charge is 0.182 e. The molecular formula is C14H11BrClN5. The van der Waals surface area contributed by atoms with E-state index in [9.17, 15) is 0 Å². The largest absolute Gasteiger partial charge is 0.398 e. The van der Waals surface area contributed by atoms with Crippen molar-refractivity contribution < 1.29 is 0 Å². The molecule has 1 heterocycles. The molecule has 0 radical (unpaired) electrons. The summed E-state index contributed by atoms with van der Waals surface area (Å²) in [6, 6.07) is 13.3. The van der Waals surface area contributed by atoms with Crippen molar-refractivity contribution in [3.8, 4) is 11.4 Å². The molecule has 21 heavy (non-hydrogen) atoms. The van der Waals surface area contributed by atoms with Crippen LogP contribution < -0.4 is 5.73 Å². The Bertz CT molecular complexity index is 787. The first kappa shape index (κ1) is 14.0. The van der Waals surface area contributed by atoms with Gasteiger partial charge in [-0.1, -0.05) is 45.7 Å². The van der Waals surface area contributed by atoms with Gasteiger partial charge in [-0.3, -0.25) is 0 Å². The maximum absolute atomic E-state index is 6.06. The summed E-state index contributed by atoms with van der Waals surface area (Å²) >= 11 is 9.58. The lowest BCUT2D eigenvalue weighted by atomic mass is 10.2. The van der Waals surface area contributed by atoms with Crippen molar-refractivity contribution in [3.63, 3.8) is 0 Å². The standard InChI is InChI=1S/C14H11BrClN5/c15-11-4-2-1-3-10(11)8-21-14(18-19-20-21)9-5-6-13(17)12(16)7-9/h1-7H,8,17H2. The van der Waals surface area contributed by atoms with Gasteiger partial charge in [0.1, 0.15) is 0 Å². The SMILES string of the molecule is Nc1ccc(-c2nnnn2Cc2ccccc2Br)cc1Cl. The third kappa shape index (κ3) is 2.91. The summed E-state index contributed by atoms with van der Waals surface area (Å²) in [4.78, 5) is 0. The van der Waals surface area contributed by atoms with Crippen LogP contribution >= 0.6 is 27.5 Å². The molecule has 1 aromatic heterocycles. The zero-order valence-electron chi connectivity index (χ0n) is 10.9. The summed E-state index contributed by atoms with van der Waals surface area (Å²) in [6.07, 6.45) is 0. The molecule has 0 saturated carbocycles. The van der Waals surface area contributed by atoms with Crippen molar-refractivity contribution in [1.29, 1.82) is 0 Å². The van der Waals surface area contributed by atoms with Gasteiger partial charge in [0.05, 0.1) is 17.3 Å². The van der Waals surface area contributed by atoms with Crippen molar-refractivity contribution in [2.45, 2.75) is 6.54 Å². The second-order valence-corrected chi connectivity index (χ2v) is 5.75. The molecule has 2 N–H and O–H groups in total. The minimum absolute atomic E-state index is 0.489. The van der Waals surface area contributed by atoms with E-state index in [0.717, 1.165) is 15.6 Å². The molecule has 3 rings (SSSR count). The molecule has 3 aromatic rings. The molecule has 2 aromatic carbocycles. The van der Waals surface area contributed by atoms with Gasteiger partial charge in [0.15, 0.2) is 5.82 Å². The summed E-state index contributed by atoms with van der Waals surface area (Å²) in [5, 5.41) is 12.4. The van der Waals surface area contributed by atoms with Crippen LogP contribution in [-0.4, -0.2) is 20.2 Å². The number of aromatic nitrogens is 4. The minimum Gasteiger partial charge on any atom is -0.398 e. The number of nitrogens with two attached hydrogens (primary N) is 1. The molecule has 0 bridgehead atoms. The number of hydrogen-bond donors (Lipinski definition) is 1. The highest BCUT2D eigenvalue weighted by molar-refractivity contribution is 9.10. The molecule has 0 aliphatic rings. The summed E-state index contributed by atoms with van der Waals surface area (Å²) in [5.74, 6) is 0.646. The molecule has 0 fully saturated rings. The van der Waals surface area contributed by atoms with Gasteiger partial charge < -0.3 is 5.73 Å². The van der Waals surface area contributed by atoms with Crippen LogP contribution in [0.15, 0.2) is 46.9 Å². The number of rotatable bonds is 3. The Labute approximate surface area is 134 Å². The normalized spacial score (nSPS) is 10.8. The zero-order valence-corrected chi connectivity index (χ0v) is 13.2. The fourth-order valence-electron chi connectivity index (χ4n) is 1.97. The van der Waals surface area contributed by atoms with E-state index in [2.05, 4.69) is 31.5 Å². The Hall–Kier alpha value is -1.92. The highest BCUT2D eigenvalue weighted by Gasteiger charge is 2.11. The Morgan fingerprint density at radius 3 is 2.76 bits per heavy atom. The van der Waals surface area contributed by atoms with E-state index < -0.39 is 0 Å². The van der Waals surface area contributed by atoms with Gasteiger partial charge in [-0.05, 0) is 40.3 Å². The average molecular weight is 365 g/mol. The number of nitrogen functional groups attached to an aromatic ring is 1. The highest BCUT2D eigenvalue weighted by Crippen LogP contribution is 2.26. The predicted octanol–water partition coefficient (Wildman–Crippen LogP) is 3.39. The van der Waals surface area contributed by atoms with Crippen molar-refractivity contribution >= 4 is 33.2 Å². The van der Waals surface area contributed by atoms with Gasteiger partial charge in [0.25, 0.3) is 0 Å². The van der Waals surface area contributed by atoms with Crippen molar-refractivity contribution in [2.24, 2.45) is 0 Å². The maximum atomic E-state index is 6.06. The summed E-state index contributed by atoms with van der Waals surface area (Å²) in [6.45, 7) is 0.561. The van der Waals surface area contributed by atoms with Crippen LogP contribution in [-0.2, 0) is 6.54 Å². The van der Waals surface area contributed by atoms with Crippen LogP contribution in [0, 0.1) is 0 Å². The van der Waals surface area contributed by atoms with Gasteiger partial charge in [-0.25, -0.2) is 4.68 Å². The first-order chi connectivity index (χ1) is 10.1. The fourth-order valence-corrected chi connectivity index (χ4v) is 2.56. The van der Waals surface area contributed by atoms with Crippen LogP contribution in [0.2, 0.25) is 5.02 Å². The van der Waals surface area contributed by atoms with E-state index in [1.54, 1.807) is 16.8 Å². The van der Waals surface area contributed by atoms with Crippen LogP contribution in [0.4, 0.5) is 5.69 Å².